The van der Waals surface area contributed by atoms with Gasteiger partial charge in [-0.3, -0.25) is 33.8 Å². The van der Waals surface area contributed by atoms with Crippen molar-refractivity contribution < 1.29 is 33.9 Å². The number of benzene rings is 2. The summed E-state index contributed by atoms with van der Waals surface area (Å²) in [6, 6.07) is 15.6. The minimum atomic E-state index is -1.31. The second-order valence-corrected chi connectivity index (χ2v) is 12.2. The maximum Gasteiger partial charge on any atom is 0.303 e. The van der Waals surface area contributed by atoms with E-state index in [9.17, 15) is 33.9 Å². The third-order valence-corrected chi connectivity index (χ3v) is 8.59. The smallest absolute Gasteiger partial charge is 0.303 e. The fourth-order valence-corrected chi connectivity index (χ4v) is 5.90. The number of aliphatic carboxylic acids is 1. The van der Waals surface area contributed by atoms with E-state index < -0.39 is 48.1 Å². The number of carbonyl (C=O) groups is 6. The molecule has 0 aliphatic carbocycles. The Bertz CT molecular complexity index is 1930. The second-order valence-electron chi connectivity index (χ2n) is 11.1. The van der Waals surface area contributed by atoms with Gasteiger partial charge in [0.05, 0.1) is 22.5 Å². The Morgan fingerprint density at radius 3 is 2.26 bits per heavy atom. The predicted octanol–water partition coefficient (Wildman–Crippen LogP) is 3.26. The number of rotatable bonds is 16. The number of aromatic nitrogens is 3. The topological polar surface area (TPSA) is 215 Å². The molecule has 0 saturated carbocycles. The highest BCUT2D eigenvalue weighted by Crippen LogP contribution is 2.34. The van der Waals surface area contributed by atoms with Crippen LogP contribution in [0.1, 0.15) is 65.6 Å². The first-order chi connectivity index (χ1) is 24.0. The summed E-state index contributed by atoms with van der Waals surface area (Å²) in [7, 11) is 1.54. The van der Waals surface area contributed by atoms with Crippen molar-refractivity contribution in [1.82, 2.24) is 30.7 Å². The standard InChI is InChI=1S/C35H37N7O7S/c1-3-25(33(36)47)39-30(43)16-17-31(44)40-27(15-18-32(45)46)35(49)42-28-20-22(50-29-10-5-4-9-24(29)34(48)37-2)12-13-23(28)26(41-42)14-11-21-8-6-7-19-38-21/h4-14,19-20,25,27H,3,15-18H2,1-2H3,(H2,36,47)(H,37,48)(H,39,43)(H,40,44)(H,45,46)/b14-11+. The van der Waals surface area contributed by atoms with Gasteiger partial charge in [-0.2, -0.15) is 9.78 Å². The molecule has 6 N–H and O–H groups in total. The Kier molecular flexibility index (Phi) is 13.0. The molecular formula is C35H37N7O7S. The van der Waals surface area contributed by atoms with E-state index >= 15 is 0 Å². The average molecular weight is 700 g/mol. The molecule has 0 bridgehead atoms. The number of primary amides is 1. The molecule has 2 atom stereocenters. The van der Waals surface area contributed by atoms with Crippen LogP contribution < -0.4 is 21.7 Å². The molecule has 4 rings (SSSR count). The fourth-order valence-electron chi connectivity index (χ4n) is 4.92. The molecule has 260 valence electrons. The van der Waals surface area contributed by atoms with Crippen LogP contribution >= 0.6 is 11.8 Å². The summed E-state index contributed by atoms with van der Waals surface area (Å²) < 4.78 is 1.13. The number of hydrogen-bond acceptors (Lipinski definition) is 9. The van der Waals surface area contributed by atoms with E-state index in [1.807, 2.05) is 12.1 Å². The number of carbonyl (C=O) groups excluding carboxylic acids is 5. The minimum absolute atomic E-state index is 0.250. The van der Waals surface area contributed by atoms with Crippen molar-refractivity contribution >= 4 is 70.3 Å². The van der Waals surface area contributed by atoms with Gasteiger partial charge in [0.15, 0.2) is 0 Å². The van der Waals surface area contributed by atoms with Gasteiger partial charge in [-0.1, -0.05) is 36.9 Å². The van der Waals surface area contributed by atoms with Crippen molar-refractivity contribution in [3.8, 4) is 0 Å². The molecular weight excluding hydrogens is 662 g/mol. The predicted molar refractivity (Wildman–Crippen MR) is 187 cm³/mol. The number of nitrogens with zero attached hydrogens (tertiary/aromatic N) is 3. The van der Waals surface area contributed by atoms with E-state index in [2.05, 4.69) is 26.0 Å². The van der Waals surface area contributed by atoms with Gasteiger partial charge in [0.25, 0.3) is 11.8 Å². The Balaban J connectivity index is 1.68. The van der Waals surface area contributed by atoms with Gasteiger partial charge in [-0.15, -0.1) is 0 Å². The highest BCUT2D eigenvalue weighted by Gasteiger charge is 2.27. The summed E-state index contributed by atoms with van der Waals surface area (Å²) in [6.07, 6.45) is 4.03. The van der Waals surface area contributed by atoms with Gasteiger partial charge < -0.3 is 26.8 Å². The lowest BCUT2D eigenvalue weighted by Crippen LogP contribution is -2.45. The van der Waals surface area contributed by atoms with Crippen LogP contribution in [0.5, 0.6) is 0 Å². The van der Waals surface area contributed by atoms with E-state index in [-0.39, 0.29) is 31.6 Å². The fraction of sp³-hybridized carbons (Fsp3) is 0.257. The maximum atomic E-state index is 14.1. The number of nitrogens with one attached hydrogen (secondary N) is 3. The van der Waals surface area contributed by atoms with Crippen LogP contribution in [0, 0.1) is 0 Å². The monoisotopic (exact) mass is 699 g/mol. The number of carboxylic acid groups (broad SMARTS) is 1. The molecule has 2 heterocycles. The molecule has 4 aromatic rings. The van der Waals surface area contributed by atoms with Crippen LogP contribution in [-0.2, 0) is 19.2 Å². The molecule has 4 amide bonds. The maximum absolute atomic E-state index is 14.1. The first-order valence-corrected chi connectivity index (χ1v) is 16.6. The zero-order chi connectivity index (χ0) is 36.2. The number of fused-ring (bicyclic) bond motifs is 1. The molecule has 0 aliphatic rings. The van der Waals surface area contributed by atoms with Crippen molar-refractivity contribution in [1.29, 1.82) is 0 Å². The van der Waals surface area contributed by atoms with E-state index in [1.165, 1.54) is 11.8 Å². The van der Waals surface area contributed by atoms with Crippen LogP contribution in [0.4, 0.5) is 0 Å². The van der Waals surface area contributed by atoms with Crippen LogP contribution in [0.15, 0.2) is 76.7 Å². The summed E-state index contributed by atoms with van der Waals surface area (Å²) in [5.41, 5.74) is 7.19. The third kappa shape index (κ3) is 9.85. The largest absolute Gasteiger partial charge is 0.481 e. The summed E-state index contributed by atoms with van der Waals surface area (Å²) in [4.78, 5) is 80.5. The molecule has 2 aromatic heterocycles. The zero-order valence-corrected chi connectivity index (χ0v) is 28.2. The molecule has 50 heavy (non-hydrogen) atoms. The van der Waals surface area contributed by atoms with Crippen molar-refractivity contribution in [2.24, 2.45) is 5.73 Å². The van der Waals surface area contributed by atoms with E-state index in [0.717, 1.165) is 4.68 Å². The third-order valence-electron chi connectivity index (χ3n) is 7.52. The van der Waals surface area contributed by atoms with Crippen molar-refractivity contribution in [3.05, 3.63) is 83.8 Å². The summed E-state index contributed by atoms with van der Waals surface area (Å²) in [5, 5.41) is 22.2. The Morgan fingerprint density at radius 1 is 0.920 bits per heavy atom. The van der Waals surface area contributed by atoms with Gasteiger partial charge in [-0.05, 0) is 67.5 Å². The van der Waals surface area contributed by atoms with Crippen LogP contribution in [0.3, 0.4) is 0 Å². The number of carboxylic acids is 1. The molecule has 2 aromatic carbocycles. The molecule has 2 unspecified atom stereocenters. The molecule has 15 heteroatoms. The molecule has 0 saturated heterocycles. The highest BCUT2D eigenvalue weighted by molar-refractivity contribution is 7.99. The second kappa shape index (κ2) is 17.5. The zero-order valence-electron chi connectivity index (χ0n) is 27.4. The molecule has 0 spiro atoms. The van der Waals surface area contributed by atoms with Crippen molar-refractivity contribution in [2.45, 2.75) is 60.9 Å². The summed E-state index contributed by atoms with van der Waals surface area (Å²) >= 11 is 1.31. The summed E-state index contributed by atoms with van der Waals surface area (Å²) in [6.45, 7) is 1.67. The van der Waals surface area contributed by atoms with Crippen molar-refractivity contribution in [2.75, 3.05) is 7.05 Å². The lowest BCUT2D eigenvalue weighted by Gasteiger charge is -2.18. The van der Waals surface area contributed by atoms with Crippen LogP contribution in [-0.4, -0.2) is 74.5 Å². The minimum Gasteiger partial charge on any atom is -0.481 e. The molecule has 0 aliphatic heterocycles. The molecule has 0 fully saturated rings. The van der Waals surface area contributed by atoms with Gasteiger partial charge in [0, 0.05) is 47.7 Å². The van der Waals surface area contributed by atoms with E-state index in [1.54, 1.807) is 80.9 Å². The van der Waals surface area contributed by atoms with Gasteiger partial charge in [0.2, 0.25) is 17.7 Å². The van der Waals surface area contributed by atoms with Gasteiger partial charge >= 0.3 is 5.97 Å². The number of nitrogens with two attached hydrogens (primary N) is 1. The van der Waals surface area contributed by atoms with Crippen LogP contribution in [0.25, 0.3) is 23.1 Å². The summed E-state index contributed by atoms with van der Waals surface area (Å²) in [5.74, 6) is -4.09. The van der Waals surface area contributed by atoms with Gasteiger partial charge in [0.1, 0.15) is 12.1 Å². The van der Waals surface area contributed by atoms with E-state index in [4.69, 9.17) is 5.73 Å². The van der Waals surface area contributed by atoms with Crippen molar-refractivity contribution in [3.63, 3.8) is 0 Å². The van der Waals surface area contributed by atoms with E-state index in [0.29, 0.717) is 37.6 Å². The SMILES string of the molecule is CCC(NC(=O)CCC(=O)NC(CCC(=O)O)C(=O)n1nc(/C=C/c2ccccn2)c2ccc(Sc3ccccc3C(=O)NC)cc21)C(N)=O. The Labute approximate surface area is 291 Å². The molecule has 0 radical (unpaired) electrons. The lowest BCUT2D eigenvalue weighted by molar-refractivity contribution is -0.137. The molecule has 14 nitrogen and oxygen atoms in total. The number of amides is 4. The lowest BCUT2D eigenvalue weighted by atomic mass is 10.1. The average Bonchev–Trinajstić information content (AvgIpc) is 3.48. The number of pyridine rings is 1. The first-order valence-electron chi connectivity index (χ1n) is 15.8. The quantitative estimate of drug-likeness (QED) is 0.115. The Morgan fingerprint density at radius 2 is 1.62 bits per heavy atom. The Hall–Kier alpha value is -5.83. The normalized spacial score (nSPS) is 12.3. The van der Waals surface area contributed by atoms with Crippen LogP contribution in [0.2, 0.25) is 0 Å². The number of hydrogen-bond donors (Lipinski definition) is 5. The van der Waals surface area contributed by atoms with Gasteiger partial charge in [-0.25, -0.2) is 0 Å². The highest BCUT2D eigenvalue weighted by atomic mass is 32.2. The first kappa shape index (κ1) is 37.0.